The first-order valence-corrected chi connectivity index (χ1v) is 10.4. The van der Waals surface area contributed by atoms with E-state index in [2.05, 4.69) is 4.98 Å². The number of carbonyl (C=O) groups excluding carboxylic acids is 3. The normalized spacial score (nSPS) is 13.3. The molecule has 1 amide bonds. The Kier molecular flexibility index (Phi) is 8.85. The first kappa shape index (κ1) is 27.4. The molecule has 32 heavy (non-hydrogen) atoms. The third kappa shape index (κ3) is 9.67. The van der Waals surface area contributed by atoms with Crippen molar-refractivity contribution in [2.24, 2.45) is 0 Å². The Hall–Kier alpha value is -2.62. The molecule has 1 aromatic heterocycles. The van der Waals surface area contributed by atoms with Gasteiger partial charge in [0, 0.05) is 19.7 Å². The molecule has 0 radical (unpaired) electrons. The van der Waals surface area contributed by atoms with Gasteiger partial charge >= 0.3 is 18.2 Å². The van der Waals surface area contributed by atoms with Crippen LogP contribution >= 0.6 is 0 Å². The summed E-state index contributed by atoms with van der Waals surface area (Å²) in [5.74, 6) is -0.646. The molecule has 0 saturated heterocycles. The minimum atomic E-state index is -1.09. The van der Waals surface area contributed by atoms with Crippen molar-refractivity contribution in [1.82, 2.24) is 14.5 Å². The lowest BCUT2D eigenvalue weighted by Crippen LogP contribution is -2.51. The highest BCUT2D eigenvalue weighted by Crippen LogP contribution is 2.19. The minimum absolute atomic E-state index is 0.0205. The standard InChI is InChI=1S/C22H37N3O7/c1-20(2,3)30-17(26)16(25(14-29-10)19(28)32-22(7,8)9)11-15-12-24(13-23-15)18(27)31-21(4,5)6/h12-13,16H,11,14H2,1-10H3/t16-/m0/s1. The van der Waals surface area contributed by atoms with E-state index >= 15 is 0 Å². The van der Waals surface area contributed by atoms with Crippen molar-refractivity contribution in [3.05, 3.63) is 18.2 Å². The number of ether oxygens (including phenoxy) is 4. The molecule has 182 valence electrons. The smallest absolute Gasteiger partial charge is 0.419 e. The molecular formula is C22H37N3O7. The number of esters is 1. The van der Waals surface area contributed by atoms with E-state index in [0.717, 1.165) is 4.90 Å². The predicted molar refractivity (Wildman–Crippen MR) is 117 cm³/mol. The molecular weight excluding hydrogens is 418 g/mol. The van der Waals surface area contributed by atoms with Gasteiger partial charge in [0.1, 0.15) is 35.9 Å². The lowest BCUT2D eigenvalue weighted by Gasteiger charge is -2.33. The summed E-state index contributed by atoms with van der Waals surface area (Å²) < 4.78 is 22.6. The highest BCUT2D eigenvalue weighted by molar-refractivity contribution is 5.82. The van der Waals surface area contributed by atoms with E-state index < -0.39 is 41.0 Å². The molecule has 0 aromatic carbocycles. The summed E-state index contributed by atoms with van der Waals surface area (Å²) in [5.41, 5.74) is -1.85. The van der Waals surface area contributed by atoms with E-state index in [9.17, 15) is 14.4 Å². The van der Waals surface area contributed by atoms with Gasteiger partial charge in [0.05, 0.1) is 5.69 Å². The summed E-state index contributed by atoms with van der Waals surface area (Å²) in [6.45, 7) is 15.4. The van der Waals surface area contributed by atoms with Crippen molar-refractivity contribution >= 4 is 18.2 Å². The number of hydrogen-bond donors (Lipinski definition) is 0. The molecule has 0 unspecified atom stereocenters. The van der Waals surface area contributed by atoms with Gasteiger partial charge in [-0.2, -0.15) is 0 Å². The van der Waals surface area contributed by atoms with E-state index in [1.165, 1.54) is 24.2 Å². The largest absolute Gasteiger partial charge is 0.458 e. The predicted octanol–water partition coefficient (Wildman–Crippen LogP) is 3.76. The van der Waals surface area contributed by atoms with Crippen LogP contribution < -0.4 is 0 Å². The highest BCUT2D eigenvalue weighted by atomic mass is 16.6. The quantitative estimate of drug-likeness (QED) is 0.362. The van der Waals surface area contributed by atoms with Crippen LogP contribution in [0.5, 0.6) is 0 Å². The molecule has 1 aromatic rings. The average Bonchev–Trinajstić information content (AvgIpc) is 3.02. The fourth-order valence-corrected chi connectivity index (χ4v) is 2.50. The third-order valence-electron chi connectivity index (χ3n) is 3.59. The van der Waals surface area contributed by atoms with Gasteiger partial charge in [0.2, 0.25) is 0 Å². The van der Waals surface area contributed by atoms with Crippen LogP contribution in [0.15, 0.2) is 12.5 Å². The molecule has 0 saturated carbocycles. The Morgan fingerprint density at radius 1 is 0.938 bits per heavy atom. The number of amides is 1. The first-order chi connectivity index (χ1) is 14.4. The Morgan fingerprint density at radius 2 is 1.47 bits per heavy atom. The molecule has 0 fully saturated rings. The molecule has 0 aliphatic rings. The molecule has 10 heteroatoms. The van der Waals surface area contributed by atoms with Gasteiger partial charge in [-0.3, -0.25) is 4.90 Å². The molecule has 1 heterocycles. The van der Waals surface area contributed by atoms with Gasteiger partial charge in [-0.1, -0.05) is 0 Å². The van der Waals surface area contributed by atoms with Crippen molar-refractivity contribution in [3.8, 4) is 0 Å². The summed E-state index contributed by atoms with van der Waals surface area (Å²) in [5, 5.41) is 0. The van der Waals surface area contributed by atoms with E-state index in [1.807, 2.05) is 0 Å². The Balaban J connectivity index is 3.22. The third-order valence-corrected chi connectivity index (χ3v) is 3.59. The van der Waals surface area contributed by atoms with Crippen LogP contribution in [0, 0.1) is 0 Å². The van der Waals surface area contributed by atoms with E-state index in [4.69, 9.17) is 18.9 Å². The molecule has 0 N–H and O–H groups in total. The van der Waals surface area contributed by atoms with Crippen LogP contribution in [0.3, 0.4) is 0 Å². The SMILES string of the molecule is COCN(C(=O)OC(C)(C)C)[C@@H](Cc1cn(C(=O)OC(C)(C)C)cn1)C(=O)OC(C)(C)C. The zero-order chi connectivity index (χ0) is 24.9. The maximum Gasteiger partial charge on any atom is 0.419 e. The molecule has 1 atom stereocenters. The van der Waals surface area contributed by atoms with Crippen molar-refractivity contribution in [2.45, 2.75) is 91.6 Å². The van der Waals surface area contributed by atoms with Gasteiger partial charge < -0.3 is 18.9 Å². The van der Waals surface area contributed by atoms with Crippen molar-refractivity contribution in [2.75, 3.05) is 13.8 Å². The first-order valence-electron chi connectivity index (χ1n) is 10.4. The van der Waals surface area contributed by atoms with Crippen molar-refractivity contribution in [3.63, 3.8) is 0 Å². The second-order valence-electron chi connectivity index (χ2n) is 10.4. The zero-order valence-electron chi connectivity index (χ0n) is 20.8. The maximum absolute atomic E-state index is 13.0. The lowest BCUT2D eigenvalue weighted by atomic mass is 10.1. The van der Waals surface area contributed by atoms with E-state index in [0.29, 0.717) is 5.69 Å². The summed E-state index contributed by atoms with van der Waals surface area (Å²) in [6, 6.07) is -1.09. The number of hydrogen-bond acceptors (Lipinski definition) is 8. The van der Waals surface area contributed by atoms with Crippen molar-refractivity contribution < 1.29 is 33.3 Å². The minimum Gasteiger partial charge on any atom is -0.458 e. The van der Waals surface area contributed by atoms with Gasteiger partial charge in [0.25, 0.3) is 0 Å². The lowest BCUT2D eigenvalue weighted by molar-refractivity contribution is -0.163. The Bertz CT molecular complexity index is 798. The second-order valence-corrected chi connectivity index (χ2v) is 10.4. The van der Waals surface area contributed by atoms with Gasteiger partial charge in [-0.25, -0.2) is 23.9 Å². The Labute approximate surface area is 190 Å². The molecule has 0 spiro atoms. The van der Waals surface area contributed by atoms with Gasteiger partial charge in [-0.05, 0) is 62.3 Å². The van der Waals surface area contributed by atoms with Crippen molar-refractivity contribution in [1.29, 1.82) is 0 Å². The monoisotopic (exact) mass is 455 g/mol. The number of nitrogens with zero attached hydrogens (tertiary/aromatic N) is 3. The van der Waals surface area contributed by atoms with Crippen LogP contribution in [-0.4, -0.2) is 69.3 Å². The van der Waals surface area contributed by atoms with Crippen LogP contribution in [0.25, 0.3) is 0 Å². The van der Waals surface area contributed by atoms with E-state index in [1.54, 1.807) is 62.3 Å². The molecule has 0 bridgehead atoms. The molecule has 1 rings (SSSR count). The average molecular weight is 456 g/mol. The fraction of sp³-hybridized carbons (Fsp3) is 0.727. The Morgan fingerprint density at radius 3 is 1.94 bits per heavy atom. The molecule has 0 aliphatic heterocycles. The summed E-state index contributed by atoms with van der Waals surface area (Å²) in [4.78, 5) is 43.5. The second kappa shape index (κ2) is 10.3. The topological polar surface area (TPSA) is 109 Å². The van der Waals surface area contributed by atoms with Crippen LogP contribution in [0.1, 0.15) is 68.0 Å². The van der Waals surface area contributed by atoms with Crippen LogP contribution in [0.2, 0.25) is 0 Å². The summed E-state index contributed by atoms with van der Waals surface area (Å²) in [6.07, 6.45) is 1.38. The summed E-state index contributed by atoms with van der Waals surface area (Å²) in [7, 11) is 1.40. The zero-order valence-corrected chi connectivity index (χ0v) is 20.8. The van der Waals surface area contributed by atoms with Crippen LogP contribution in [-0.2, 0) is 30.2 Å². The number of carbonyl (C=O) groups is 3. The molecule has 10 nitrogen and oxygen atoms in total. The fourth-order valence-electron chi connectivity index (χ4n) is 2.50. The van der Waals surface area contributed by atoms with Crippen LogP contribution in [0.4, 0.5) is 9.59 Å². The van der Waals surface area contributed by atoms with Gasteiger partial charge in [-0.15, -0.1) is 0 Å². The maximum atomic E-state index is 13.0. The summed E-state index contributed by atoms with van der Waals surface area (Å²) >= 11 is 0. The molecule has 0 aliphatic carbocycles. The number of aromatic nitrogens is 2. The number of methoxy groups -OCH3 is 1. The van der Waals surface area contributed by atoms with Gasteiger partial charge in [0.15, 0.2) is 0 Å². The highest BCUT2D eigenvalue weighted by Gasteiger charge is 2.36. The number of rotatable bonds is 6. The number of imidazole rings is 1. The van der Waals surface area contributed by atoms with E-state index in [-0.39, 0.29) is 13.2 Å².